The first-order valence-corrected chi connectivity index (χ1v) is 8.87. The normalized spacial score (nSPS) is 19.7. The molecule has 0 saturated carbocycles. The first-order valence-electron chi connectivity index (χ1n) is 7.99. The third-order valence-corrected chi connectivity index (χ3v) is 5.06. The minimum absolute atomic E-state index is 0.0172. The molecule has 6 nitrogen and oxygen atoms in total. The Balaban J connectivity index is 1.64. The molecule has 0 unspecified atom stereocenters. The van der Waals surface area contributed by atoms with Gasteiger partial charge in [-0.05, 0) is 24.8 Å². The maximum atomic E-state index is 12.7. The van der Waals surface area contributed by atoms with E-state index in [1.54, 1.807) is 17.7 Å². The number of rotatable bonds is 5. The van der Waals surface area contributed by atoms with Gasteiger partial charge in [0.15, 0.2) is 5.82 Å². The first kappa shape index (κ1) is 16.1. The molecule has 3 heterocycles. The molecule has 0 aromatic carbocycles. The molecule has 1 aliphatic rings. The Labute approximate surface area is 140 Å². The number of carbonyl (C=O) groups is 1. The molecular weight excluding hydrogens is 312 g/mol. The Bertz CT molecular complexity index is 640. The van der Waals surface area contributed by atoms with Crippen molar-refractivity contribution < 1.29 is 9.53 Å². The van der Waals surface area contributed by atoms with Crippen LogP contribution in [0.25, 0.3) is 0 Å². The molecule has 1 saturated heterocycles. The van der Waals surface area contributed by atoms with Gasteiger partial charge in [0.2, 0.25) is 5.91 Å². The van der Waals surface area contributed by atoms with E-state index in [0.29, 0.717) is 19.7 Å². The molecule has 0 bridgehead atoms. The third kappa shape index (κ3) is 3.61. The van der Waals surface area contributed by atoms with Crippen LogP contribution in [-0.4, -0.2) is 45.3 Å². The zero-order valence-corrected chi connectivity index (χ0v) is 14.3. The van der Waals surface area contributed by atoms with Crippen molar-refractivity contribution in [1.82, 2.24) is 19.7 Å². The number of thiophene rings is 1. The molecule has 1 aliphatic heterocycles. The van der Waals surface area contributed by atoms with Gasteiger partial charge in [0.05, 0.1) is 13.2 Å². The van der Waals surface area contributed by atoms with E-state index in [1.807, 2.05) is 29.4 Å². The Morgan fingerprint density at radius 2 is 2.43 bits per heavy atom. The van der Waals surface area contributed by atoms with E-state index >= 15 is 0 Å². The summed E-state index contributed by atoms with van der Waals surface area (Å²) in [6.07, 6.45) is 2.31. The highest BCUT2D eigenvalue weighted by atomic mass is 32.1. The van der Waals surface area contributed by atoms with Gasteiger partial charge in [0.25, 0.3) is 0 Å². The summed E-state index contributed by atoms with van der Waals surface area (Å²) in [5.74, 6) is 0.974. The molecule has 7 heteroatoms. The predicted molar refractivity (Wildman–Crippen MR) is 88.2 cm³/mol. The van der Waals surface area contributed by atoms with E-state index in [1.165, 1.54) is 4.88 Å². The van der Waals surface area contributed by atoms with Crippen molar-refractivity contribution in [2.45, 2.75) is 32.9 Å². The van der Waals surface area contributed by atoms with Gasteiger partial charge in [-0.25, -0.2) is 0 Å². The first-order chi connectivity index (χ1) is 11.2. The number of carbonyl (C=O) groups excluding carboxylic acids is 1. The quantitative estimate of drug-likeness (QED) is 0.840. The molecule has 0 aliphatic carbocycles. The minimum atomic E-state index is -0.191. The summed E-state index contributed by atoms with van der Waals surface area (Å²) in [4.78, 5) is 15.9. The molecule has 0 radical (unpaired) electrons. The number of morpholine rings is 1. The van der Waals surface area contributed by atoms with Gasteiger partial charge in [-0.3, -0.25) is 4.79 Å². The van der Waals surface area contributed by atoms with E-state index in [-0.39, 0.29) is 17.9 Å². The highest BCUT2D eigenvalue weighted by molar-refractivity contribution is 7.09. The second kappa shape index (κ2) is 7.23. The van der Waals surface area contributed by atoms with Crippen LogP contribution < -0.4 is 0 Å². The Morgan fingerprint density at radius 1 is 1.57 bits per heavy atom. The van der Waals surface area contributed by atoms with Crippen molar-refractivity contribution in [2.24, 2.45) is 5.92 Å². The zero-order valence-electron chi connectivity index (χ0n) is 13.5. The maximum Gasteiger partial charge on any atom is 0.225 e. The summed E-state index contributed by atoms with van der Waals surface area (Å²) in [5, 5.41) is 10.2. The SMILES string of the molecule is CCn1cnnc1[C@@H]1CN(C(=O)[C@@H](C)Cc2cccs2)CCO1. The van der Waals surface area contributed by atoms with Crippen molar-refractivity contribution in [3.63, 3.8) is 0 Å². The van der Waals surface area contributed by atoms with Gasteiger partial charge < -0.3 is 14.2 Å². The Hall–Kier alpha value is -1.73. The molecule has 1 fully saturated rings. The monoisotopic (exact) mass is 334 g/mol. The standard InChI is InChI=1S/C16H22N4O2S/c1-3-19-11-17-18-15(19)14-10-20(6-7-22-14)16(21)12(2)9-13-5-4-8-23-13/h4-5,8,11-12,14H,3,6-7,9-10H2,1-2H3/t12-,14-/m0/s1. The second-order valence-electron chi connectivity index (χ2n) is 5.80. The average molecular weight is 334 g/mol. The summed E-state index contributed by atoms with van der Waals surface area (Å²) in [7, 11) is 0. The Kier molecular flexibility index (Phi) is 5.07. The molecule has 2 aromatic heterocycles. The van der Waals surface area contributed by atoms with Gasteiger partial charge in [-0.1, -0.05) is 13.0 Å². The minimum Gasteiger partial charge on any atom is -0.366 e. The summed E-state index contributed by atoms with van der Waals surface area (Å²) in [6.45, 7) is 6.57. The van der Waals surface area contributed by atoms with Crippen molar-refractivity contribution in [1.29, 1.82) is 0 Å². The average Bonchev–Trinajstić information content (AvgIpc) is 3.25. The lowest BCUT2D eigenvalue weighted by atomic mass is 10.0. The van der Waals surface area contributed by atoms with Crippen LogP contribution in [0.5, 0.6) is 0 Å². The van der Waals surface area contributed by atoms with Crippen LogP contribution in [0.1, 0.15) is 30.7 Å². The molecule has 124 valence electrons. The van der Waals surface area contributed by atoms with Crippen LogP contribution in [0.15, 0.2) is 23.8 Å². The van der Waals surface area contributed by atoms with Gasteiger partial charge in [-0.15, -0.1) is 21.5 Å². The maximum absolute atomic E-state index is 12.7. The van der Waals surface area contributed by atoms with Crippen LogP contribution in [0.3, 0.4) is 0 Å². The van der Waals surface area contributed by atoms with Crippen molar-refractivity contribution >= 4 is 17.2 Å². The van der Waals surface area contributed by atoms with E-state index in [4.69, 9.17) is 4.74 Å². The lowest BCUT2D eigenvalue weighted by Gasteiger charge is -2.34. The summed E-state index contributed by atoms with van der Waals surface area (Å²) < 4.78 is 7.78. The van der Waals surface area contributed by atoms with Crippen LogP contribution in [0.2, 0.25) is 0 Å². The lowest BCUT2D eigenvalue weighted by Crippen LogP contribution is -2.45. The number of ether oxygens (including phenoxy) is 1. The number of hydrogen-bond acceptors (Lipinski definition) is 5. The number of aromatic nitrogens is 3. The number of aryl methyl sites for hydroxylation is 1. The molecule has 0 N–H and O–H groups in total. The van der Waals surface area contributed by atoms with Gasteiger partial charge in [0.1, 0.15) is 12.4 Å². The topological polar surface area (TPSA) is 60.2 Å². The third-order valence-electron chi connectivity index (χ3n) is 4.16. The van der Waals surface area contributed by atoms with E-state index in [2.05, 4.69) is 21.6 Å². The summed E-state index contributed by atoms with van der Waals surface area (Å²) >= 11 is 1.70. The molecule has 0 spiro atoms. The van der Waals surface area contributed by atoms with Crippen LogP contribution >= 0.6 is 11.3 Å². The lowest BCUT2D eigenvalue weighted by molar-refractivity contribution is -0.143. The van der Waals surface area contributed by atoms with Gasteiger partial charge >= 0.3 is 0 Å². The van der Waals surface area contributed by atoms with Crippen LogP contribution in [0.4, 0.5) is 0 Å². The fraction of sp³-hybridized carbons (Fsp3) is 0.562. The highest BCUT2D eigenvalue weighted by Crippen LogP contribution is 2.23. The number of hydrogen-bond donors (Lipinski definition) is 0. The smallest absolute Gasteiger partial charge is 0.225 e. The predicted octanol–water partition coefficient (Wildman–Crippen LogP) is 2.14. The molecule has 23 heavy (non-hydrogen) atoms. The van der Waals surface area contributed by atoms with Gasteiger partial charge in [-0.2, -0.15) is 0 Å². The highest BCUT2D eigenvalue weighted by Gasteiger charge is 2.30. The second-order valence-corrected chi connectivity index (χ2v) is 6.84. The van der Waals surface area contributed by atoms with E-state index in [0.717, 1.165) is 18.8 Å². The van der Waals surface area contributed by atoms with Crippen molar-refractivity contribution in [3.8, 4) is 0 Å². The fourth-order valence-electron chi connectivity index (χ4n) is 2.89. The molecule has 2 aromatic rings. The van der Waals surface area contributed by atoms with E-state index < -0.39 is 0 Å². The summed E-state index contributed by atoms with van der Waals surface area (Å²) in [5.41, 5.74) is 0. The van der Waals surface area contributed by atoms with Crippen LogP contribution in [-0.2, 0) is 22.5 Å². The van der Waals surface area contributed by atoms with Gasteiger partial charge in [0, 0.05) is 23.9 Å². The van der Waals surface area contributed by atoms with E-state index in [9.17, 15) is 4.79 Å². The molecule has 3 rings (SSSR count). The zero-order chi connectivity index (χ0) is 16.2. The fourth-order valence-corrected chi connectivity index (χ4v) is 3.73. The van der Waals surface area contributed by atoms with Crippen molar-refractivity contribution in [3.05, 3.63) is 34.5 Å². The molecule has 1 amide bonds. The number of nitrogens with zero attached hydrogens (tertiary/aromatic N) is 4. The molecule has 2 atom stereocenters. The number of amides is 1. The molecular formula is C16H22N4O2S. The summed E-state index contributed by atoms with van der Waals surface area (Å²) in [6, 6.07) is 4.11. The van der Waals surface area contributed by atoms with Crippen LogP contribution in [0, 0.1) is 5.92 Å². The largest absolute Gasteiger partial charge is 0.366 e. The Morgan fingerprint density at radius 3 is 3.17 bits per heavy atom. The van der Waals surface area contributed by atoms with Crippen molar-refractivity contribution in [2.75, 3.05) is 19.7 Å².